The molecule has 222 valence electrons. The number of benzene rings is 3. The molecule has 0 saturated carbocycles. The number of aryl methyl sites for hydroxylation is 1. The van der Waals surface area contributed by atoms with Gasteiger partial charge in [0, 0.05) is 16.8 Å². The van der Waals surface area contributed by atoms with E-state index in [0.717, 1.165) is 12.1 Å². The first-order chi connectivity index (χ1) is 19.4. The van der Waals surface area contributed by atoms with Gasteiger partial charge in [-0.1, -0.05) is 0 Å². The Labute approximate surface area is 247 Å². The summed E-state index contributed by atoms with van der Waals surface area (Å²) in [6.45, 7) is 1.63. The van der Waals surface area contributed by atoms with Crippen molar-refractivity contribution in [2.75, 3.05) is 12.4 Å². The Morgan fingerprint density at radius 1 is 0.762 bits per heavy atom. The van der Waals surface area contributed by atoms with Gasteiger partial charge in [-0.3, -0.25) is 13.7 Å². The molecule has 0 bridgehead atoms. The van der Waals surface area contributed by atoms with E-state index in [1.807, 2.05) is 0 Å². The van der Waals surface area contributed by atoms with Crippen LogP contribution in [-0.4, -0.2) is 61.0 Å². The maximum atomic E-state index is 12.2. The summed E-state index contributed by atoms with van der Waals surface area (Å²) in [6.07, 6.45) is 0. The van der Waals surface area contributed by atoms with Crippen molar-refractivity contribution in [1.29, 1.82) is 0 Å². The van der Waals surface area contributed by atoms with Crippen LogP contribution in [0.5, 0.6) is 5.75 Å². The van der Waals surface area contributed by atoms with Gasteiger partial charge in [0.05, 0.1) is 29.1 Å². The molecule has 3 aromatic carbocycles. The van der Waals surface area contributed by atoms with Gasteiger partial charge in [-0.05, 0) is 66.0 Å². The quantitative estimate of drug-likeness (QED) is 0.147. The predicted octanol–water partition coefficient (Wildman–Crippen LogP) is 4.55. The zero-order valence-electron chi connectivity index (χ0n) is 20.9. The third kappa shape index (κ3) is 6.90. The van der Waals surface area contributed by atoms with Gasteiger partial charge >= 0.3 is 0 Å². The first-order valence-corrected chi connectivity index (χ1v) is 15.9. The lowest BCUT2D eigenvalue weighted by Gasteiger charge is -2.13. The summed E-state index contributed by atoms with van der Waals surface area (Å²) in [5, 5.41) is 9.33. The van der Waals surface area contributed by atoms with Crippen LogP contribution in [0, 0.1) is 6.92 Å². The number of hydrogen-bond acceptors (Lipinski definition) is 13. The maximum Gasteiger partial charge on any atom is 0.295 e. The second kappa shape index (κ2) is 11.3. The van der Waals surface area contributed by atoms with Gasteiger partial charge < -0.3 is 10.1 Å². The number of hydrogen-bond donors (Lipinski definition) is 4. The first kappa shape index (κ1) is 31.4. The third-order valence-electron chi connectivity index (χ3n) is 5.42. The molecule has 4 N–H and O–H groups in total. The van der Waals surface area contributed by atoms with Crippen LogP contribution < -0.4 is 10.1 Å². The molecule has 21 heteroatoms. The number of aromatic nitrogens is 3. The van der Waals surface area contributed by atoms with Crippen molar-refractivity contribution in [3.63, 3.8) is 0 Å². The Balaban J connectivity index is 1.86. The van der Waals surface area contributed by atoms with Gasteiger partial charge in [0.15, 0.2) is 0 Å². The smallest absolute Gasteiger partial charge is 0.295 e. The van der Waals surface area contributed by atoms with Crippen molar-refractivity contribution in [1.82, 2.24) is 15.0 Å². The normalized spacial score (nSPS) is 12.6. The van der Waals surface area contributed by atoms with Crippen LogP contribution in [0.1, 0.15) is 5.56 Å². The van der Waals surface area contributed by atoms with E-state index in [2.05, 4.69) is 30.5 Å². The number of azo groups is 1. The Bertz CT molecular complexity index is 2110. The first-order valence-electron chi connectivity index (χ1n) is 10.9. The Morgan fingerprint density at radius 2 is 1.33 bits per heavy atom. The highest BCUT2D eigenvalue weighted by atomic mass is 35.5. The largest absolute Gasteiger partial charge is 0.494 e. The van der Waals surface area contributed by atoms with E-state index in [1.165, 1.54) is 13.2 Å². The monoisotopic (exact) mass is 678 g/mol. The minimum Gasteiger partial charge on any atom is -0.494 e. The van der Waals surface area contributed by atoms with E-state index in [0.29, 0.717) is 23.4 Å². The maximum absolute atomic E-state index is 12.2. The van der Waals surface area contributed by atoms with Crippen LogP contribution in [-0.2, 0) is 30.4 Å². The lowest BCUT2D eigenvalue weighted by atomic mass is 10.1. The fourth-order valence-corrected chi connectivity index (χ4v) is 6.07. The summed E-state index contributed by atoms with van der Waals surface area (Å²) >= 11 is 11.6. The minimum absolute atomic E-state index is 0.00720. The molecule has 0 aliphatic heterocycles. The fraction of sp³-hybridized carbons (Fsp3) is 0.0952. The Hall–Kier alpha value is -3.56. The number of methoxy groups -OCH3 is 1. The standard InChI is InChI=1S/C21H16Cl2N6O10S3/c1-9-3-15(24-21-26-19(22)25-20(23)27-21)16(39-2)8-14(9)29-28-10-4-12-13(17(5-10)41(33,34)35)6-11(40(30,31)32)7-18(12)42(36,37)38/h3-8H,1-2H3,(H,30,31,32)(H,33,34,35)(H,36,37,38)(H,24,25,26,27). The molecular weight excluding hydrogens is 663 g/mol. The molecule has 16 nitrogen and oxygen atoms in total. The molecule has 0 unspecified atom stereocenters. The Kier molecular flexibility index (Phi) is 8.41. The average molecular weight is 679 g/mol. The van der Waals surface area contributed by atoms with Crippen molar-refractivity contribution in [2.45, 2.75) is 21.6 Å². The number of rotatable bonds is 8. The third-order valence-corrected chi connectivity index (χ3v) is 8.38. The summed E-state index contributed by atoms with van der Waals surface area (Å²) < 4.78 is 106. The van der Waals surface area contributed by atoms with Gasteiger partial charge in [0.25, 0.3) is 30.4 Å². The van der Waals surface area contributed by atoms with Crippen LogP contribution in [0.4, 0.5) is 23.0 Å². The van der Waals surface area contributed by atoms with E-state index in [1.54, 1.807) is 13.0 Å². The molecule has 0 radical (unpaired) electrons. The highest BCUT2D eigenvalue weighted by Crippen LogP contribution is 2.38. The van der Waals surface area contributed by atoms with Gasteiger partial charge in [0.2, 0.25) is 16.5 Å². The zero-order valence-corrected chi connectivity index (χ0v) is 24.8. The second-order valence-corrected chi connectivity index (χ2v) is 13.1. The van der Waals surface area contributed by atoms with Crippen LogP contribution in [0.25, 0.3) is 10.8 Å². The summed E-state index contributed by atoms with van der Waals surface area (Å²) in [6, 6.07) is 5.77. The molecule has 0 aliphatic carbocycles. The lowest BCUT2D eigenvalue weighted by molar-refractivity contribution is 0.417. The van der Waals surface area contributed by atoms with E-state index in [4.69, 9.17) is 27.9 Å². The molecule has 0 fully saturated rings. The lowest BCUT2D eigenvalue weighted by Crippen LogP contribution is -2.07. The predicted molar refractivity (Wildman–Crippen MR) is 148 cm³/mol. The van der Waals surface area contributed by atoms with Crippen LogP contribution in [0.15, 0.2) is 61.3 Å². The van der Waals surface area contributed by atoms with Gasteiger partial charge in [0.1, 0.15) is 15.5 Å². The molecule has 0 aliphatic rings. The molecule has 0 saturated heterocycles. The van der Waals surface area contributed by atoms with Crippen LogP contribution in [0.3, 0.4) is 0 Å². The van der Waals surface area contributed by atoms with Gasteiger partial charge in [-0.25, -0.2) is 0 Å². The topological polar surface area (TPSA) is 248 Å². The number of anilines is 2. The number of nitrogens with zero attached hydrogens (tertiary/aromatic N) is 5. The van der Waals surface area contributed by atoms with Crippen LogP contribution >= 0.6 is 23.2 Å². The Morgan fingerprint density at radius 3 is 1.88 bits per heavy atom. The van der Waals surface area contributed by atoms with Gasteiger partial charge in [-0.2, -0.15) is 50.4 Å². The molecule has 4 rings (SSSR count). The fourth-order valence-electron chi connectivity index (χ4n) is 3.65. The number of fused-ring (bicyclic) bond motifs is 1. The number of halogens is 2. The van der Waals surface area contributed by atoms with E-state index >= 15 is 0 Å². The van der Waals surface area contributed by atoms with E-state index < -0.39 is 55.8 Å². The summed E-state index contributed by atoms with van der Waals surface area (Å²) in [7, 11) is -14.0. The molecule has 0 amide bonds. The number of ether oxygens (including phenoxy) is 1. The molecule has 1 heterocycles. The van der Waals surface area contributed by atoms with Crippen molar-refractivity contribution < 1.29 is 43.6 Å². The number of nitrogens with one attached hydrogen (secondary N) is 1. The zero-order chi connectivity index (χ0) is 31.2. The van der Waals surface area contributed by atoms with Crippen LogP contribution in [0.2, 0.25) is 10.6 Å². The molecule has 0 atom stereocenters. The molecule has 1 aromatic heterocycles. The molecular formula is C21H16Cl2N6O10S3. The van der Waals surface area contributed by atoms with Crippen molar-refractivity contribution in [2.24, 2.45) is 10.2 Å². The summed E-state index contributed by atoms with van der Waals surface area (Å²) in [5.41, 5.74) is 0.712. The van der Waals surface area contributed by atoms with E-state index in [9.17, 15) is 38.9 Å². The van der Waals surface area contributed by atoms with Crippen molar-refractivity contribution in [3.05, 3.63) is 52.5 Å². The van der Waals surface area contributed by atoms with Crippen molar-refractivity contribution >= 4 is 87.3 Å². The highest BCUT2D eigenvalue weighted by Gasteiger charge is 2.25. The summed E-state index contributed by atoms with van der Waals surface area (Å²) in [4.78, 5) is 8.34. The minimum atomic E-state index is -5.19. The SMILES string of the molecule is COc1cc(N=Nc2cc(S(=O)(=O)O)c3cc(S(=O)(=O)O)cc(S(=O)(=O)O)c3c2)c(C)cc1Nc1nc(Cl)nc(Cl)n1. The van der Waals surface area contributed by atoms with E-state index in [-0.39, 0.29) is 33.6 Å². The summed E-state index contributed by atoms with van der Waals surface area (Å²) in [5.74, 6) is 0.221. The average Bonchev–Trinajstić information content (AvgIpc) is 2.84. The molecule has 42 heavy (non-hydrogen) atoms. The van der Waals surface area contributed by atoms with Gasteiger partial charge in [-0.15, -0.1) is 0 Å². The molecule has 0 spiro atoms. The molecule has 4 aromatic rings. The second-order valence-electron chi connectivity index (χ2n) is 8.25. The highest BCUT2D eigenvalue weighted by molar-refractivity contribution is 7.87. The van der Waals surface area contributed by atoms with Crippen molar-refractivity contribution in [3.8, 4) is 5.75 Å².